The van der Waals surface area contributed by atoms with Crippen molar-refractivity contribution in [3.8, 4) is 17.2 Å². The van der Waals surface area contributed by atoms with Crippen LogP contribution in [-0.4, -0.2) is 76.2 Å². The Bertz CT molecular complexity index is 1420. The summed E-state index contributed by atoms with van der Waals surface area (Å²) in [6.07, 6.45) is 4.08. The highest BCUT2D eigenvalue weighted by Crippen LogP contribution is 2.42. The van der Waals surface area contributed by atoms with Crippen molar-refractivity contribution in [2.75, 3.05) is 31.1 Å². The summed E-state index contributed by atoms with van der Waals surface area (Å²) in [4.78, 5) is 18.0. The van der Waals surface area contributed by atoms with Crippen molar-refractivity contribution < 1.29 is 29.6 Å². The van der Waals surface area contributed by atoms with E-state index >= 15 is 0 Å². The van der Waals surface area contributed by atoms with Gasteiger partial charge in [0.25, 0.3) is 5.91 Å². The lowest BCUT2D eigenvalue weighted by Crippen LogP contribution is -2.49. The number of rotatable bonds is 8. The fourth-order valence-corrected chi connectivity index (χ4v) is 6.89. The van der Waals surface area contributed by atoms with Gasteiger partial charge in [0, 0.05) is 61.7 Å². The van der Waals surface area contributed by atoms with Crippen molar-refractivity contribution in [1.82, 2.24) is 4.90 Å². The number of halogens is 1. The average Bonchev–Trinajstić information content (AvgIpc) is 3.36. The molecule has 228 valence electrons. The molecule has 9 heteroatoms. The molecule has 1 atom stereocenters. The molecule has 1 spiro atoms. The second-order valence-corrected chi connectivity index (χ2v) is 12.6. The number of benzene rings is 3. The fourth-order valence-electron chi connectivity index (χ4n) is 6.70. The third-order valence-corrected chi connectivity index (χ3v) is 9.24. The van der Waals surface area contributed by atoms with Gasteiger partial charge >= 0.3 is 0 Å². The third-order valence-electron chi connectivity index (χ3n) is 9.01. The van der Waals surface area contributed by atoms with Crippen LogP contribution < -0.4 is 14.4 Å². The molecule has 2 aliphatic heterocycles. The number of fused-ring (bicyclic) bond motifs is 1. The van der Waals surface area contributed by atoms with E-state index in [0.717, 1.165) is 54.4 Å². The molecule has 1 saturated carbocycles. The van der Waals surface area contributed by atoms with Crippen molar-refractivity contribution in [2.45, 2.75) is 68.8 Å². The maximum absolute atomic E-state index is 14.1. The highest BCUT2D eigenvalue weighted by Gasteiger charge is 2.42. The summed E-state index contributed by atoms with van der Waals surface area (Å²) in [6.45, 7) is 1.98. The largest absolute Gasteiger partial charge is 0.508 e. The third kappa shape index (κ3) is 6.78. The number of para-hydroxylation sites is 1. The zero-order chi connectivity index (χ0) is 30.0. The van der Waals surface area contributed by atoms with Crippen molar-refractivity contribution in [3.05, 3.63) is 82.9 Å². The quantitative estimate of drug-likeness (QED) is 0.324. The van der Waals surface area contributed by atoms with Gasteiger partial charge in [-0.3, -0.25) is 4.79 Å². The Balaban J connectivity index is 1.09. The van der Waals surface area contributed by atoms with E-state index < -0.39 is 6.10 Å². The number of aliphatic hydroxyl groups excluding tert-OH is 2. The zero-order valence-corrected chi connectivity index (χ0v) is 25.0. The van der Waals surface area contributed by atoms with E-state index in [-0.39, 0.29) is 41.8 Å². The number of carbonyl (C=O) groups excluding carboxylic acids is 1. The van der Waals surface area contributed by atoms with Gasteiger partial charge < -0.3 is 34.6 Å². The Morgan fingerprint density at radius 2 is 1.79 bits per heavy atom. The average molecular weight is 607 g/mol. The Morgan fingerprint density at radius 3 is 2.53 bits per heavy atom. The van der Waals surface area contributed by atoms with E-state index in [4.69, 9.17) is 21.1 Å². The molecular formula is C34H39ClN2O6. The minimum atomic E-state index is -0.787. The zero-order valence-electron chi connectivity index (χ0n) is 24.2. The first-order valence-corrected chi connectivity index (χ1v) is 15.6. The minimum absolute atomic E-state index is 0.0201. The van der Waals surface area contributed by atoms with Crippen molar-refractivity contribution >= 4 is 23.2 Å². The Kier molecular flexibility index (Phi) is 8.82. The van der Waals surface area contributed by atoms with Crippen LogP contribution in [0, 0.1) is 0 Å². The van der Waals surface area contributed by atoms with E-state index in [9.17, 15) is 20.1 Å². The monoisotopic (exact) mass is 606 g/mol. The number of hydrogen-bond donors (Lipinski definition) is 3. The molecule has 0 bridgehead atoms. The molecule has 3 aliphatic rings. The van der Waals surface area contributed by atoms with Crippen molar-refractivity contribution in [3.63, 3.8) is 0 Å². The Morgan fingerprint density at radius 1 is 1.05 bits per heavy atom. The van der Waals surface area contributed by atoms with Gasteiger partial charge in [-0.2, -0.15) is 0 Å². The molecule has 2 heterocycles. The molecule has 3 N–H and O–H groups in total. The maximum atomic E-state index is 14.1. The lowest BCUT2D eigenvalue weighted by Gasteiger charge is -2.39. The summed E-state index contributed by atoms with van der Waals surface area (Å²) in [5, 5.41) is 31.9. The lowest BCUT2D eigenvalue weighted by molar-refractivity contribution is -0.00200. The van der Waals surface area contributed by atoms with Crippen LogP contribution in [0.1, 0.15) is 54.4 Å². The fraction of sp³-hybridized carbons (Fsp3) is 0.441. The second kappa shape index (κ2) is 12.7. The van der Waals surface area contributed by atoms with Gasteiger partial charge in [0.2, 0.25) is 0 Å². The van der Waals surface area contributed by atoms with Crippen LogP contribution in [-0.2, 0) is 6.42 Å². The topological polar surface area (TPSA) is 103 Å². The molecule has 3 aromatic rings. The predicted octanol–water partition coefficient (Wildman–Crippen LogP) is 5.21. The standard InChI is InChI=1S/C34H39ClN2O6/c35-24-6-13-31-23(18-24)20-34(43-31)14-16-36(17-15-34)21-29(40)22-42-32-19-28(39)11-12-30(32)33(41)37(25-4-2-1-3-5-25)26-7-9-27(38)10-8-26/h1-6,11-13,18-19,26-27,29,38-40H,7-10,14-17,20-22H2/t26?,27?,29-/m0/s1. The molecule has 8 nitrogen and oxygen atoms in total. The number of aliphatic hydroxyl groups is 2. The van der Waals surface area contributed by atoms with Gasteiger partial charge in [0.1, 0.15) is 35.6 Å². The van der Waals surface area contributed by atoms with Crippen LogP contribution in [0.4, 0.5) is 5.69 Å². The molecule has 43 heavy (non-hydrogen) atoms. The van der Waals surface area contributed by atoms with Gasteiger partial charge in [0.15, 0.2) is 0 Å². The maximum Gasteiger partial charge on any atom is 0.262 e. The van der Waals surface area contributed by atoms with Gasteiger partial charge in [0.05, 0.1) is 11.7 Å². The van der Waals surface area contributed by atoms with Crippen LogP contribution in [0.15, 0.2) is 66.7 Å². The summed E-state index contributed by atoms with van der Waals surface area (Å²) in [5.74, 6) is 0.884. The number of anilines is 1. The van der Waals surface area contributed by atoms with Crippen LogP contribution in [0.25, 0.3) is 0 Å². The number of piperidine rings is 1. The number of likely N-dealkylation sites (tertiary alicyclic amines) is 1. The smallest absolute Gasteiger partial charge is 0.262 e. The van der Waals surface area contributed by atoms with Gasteiger partial charge in [-0.05, 0) is 73.7 Å². The first-order valence-electron chi connectivity index (χ1n) is 15.2. The van der Waals surface area contributed by atoms with Crippen molar-refractivity contribution in [2.24, 2.45) is 0 Å². The highest BCUT2D eigenvalue weighted by molar-refractivity contribution is 6.30. The van der Waals surface area contributed by atoms with Crippen LogP contribution in [0.3, 0.4) is 0 Å². The molecule has 3 aromatic carbocycles. The summed E-state index contributed by atoms with van der Waals surface area (Å²) in [7, 11) is 0. The lowest BCUT2D eigenvalue weighted by atomic mass is 9.87. The molecule has 1 saturated heterocycles. The summed E-state index contributed by atoms with van der Waals surface area (Å²) >= 11 is 6.18. The number of hydrogen-bond acceptors (Lipinski definition) is 7. The van der Waals surface area contributed by atoms with E-state index in [1.807, 2.05) is 48.5 Å². The SMILES string of the molecule is O=C(c1ccc(O)cc1OC[C@@H](O)CN1CCC2(CC1)Cc1cc(Cl)ccc1O2)N(c1ccccc1)C1CCC(O)CC1. The number of phenols is 1. The molecule has 1 amide bonds. The summed E-state index contributed by atoms with van der Waals surface area (Å²) < 4.78 is 12.4. The van der Waals surface area contributed by atoms with Crippen molar-refractivity contribution in [1.29, 1.82) is 0 Å². The first-order chi connectivity index (χ1) is 20.8. The van der Waals surface area contributed by atoms with Gasteiger partial charge in [-0.1, -0.05) is 29.8 Å². The number of aromatic hydroxyl groups is 1. The van der Waals surface area contributed by atoms with Crippen LogP contribution >= 0.6 is 11.6 Å². The molecular weight excluding hydrogens is 568 g/mol. The van der Waals surface area contributed by atoms with Gasteiger partial charge in [-0.15, -0.1) is 0 Å². The number of ether oxygens (including phenoxy) is 2. The Labute approximate surface area is 257 Å². The van der Waals surface area contributed by atoms with Gasteiger partial charge in [-0.25, -0.2) is 0 Å². The highest BCUT2D eigenvalue weighted by atomic mass is 35.5. The number of nitrogens with zero attached hydrogens (tertiary/aromatic N) is 2. The predicted molar refractivity (Wildman–Crippen MR) is 165 cm³/mol. The van der Waals surface area contributed by atoms with Crippen LogP contribution in [0.5, 0.6) is 17.2 Å². The normalized spacial score (nSPS) is 22.0. The van der Waals surface area contributed by atoms with E-state index in [2.05, 4.69) is 4.90 Å². The summed E-state index contributed by atoms with van der Waals surface area (Å²) in [6, 6.07) is 19.7. The molecule has 1 aliphatic carbocycles. The first kappa shape index (κ1) is 29.8. The number of phenolic OH excluding ortho intramolecular Hbond substituents is 1. The van der Waals surface area contributed by atoms with E-state index in [1.54, 1.807) is 11.0 Å². The number of amides is 1. The van der Waals surface area contributed by atoms with Crippen LogP contribution in [0.2, 0.25) is 5.02 Å². The molecule has 0 radical (unpaired) electrons. The van der Waals surface area contributed by atoms with E-state index in [0.29, 0.717) is 37.8 Å². The summed E-state index contributed by atoms with van der Waals surface area (Å²) in [5.41, 5.74) is 2.02. The molecule has 6 rings (SSSR count). The minimum Gasteiger partial charge on any atom is -0.508 e. The molecule has 2 fully saturated rings. The number of β-amino-alcohol motifs (C(OH)–C–C–N with tert-alkyl or cyclic N) is 1. The molecule has 0 aromatic heterocycles. The second-order valence-electron chi connectivity index (χ2n) is 12.1. The molecule has 0 unspecified atom stereocenters. The Hall–Kier alpha value is -3.30. The number of carbonyl (C=O) groups is 1. The van der Waals surface area contributed by atoms with E-state index in [1.165, 1.54) is 12.1 Å².